The maximum atomic E-state index is 5.88. The molecular weight excluding hydrogens is 310 g/mol. The maximum Gasteiger partial charge on any atom is 0.133 e. The predicted octanol–water partition coefficient (Wildman–Crippen LogP) is 2.60. The zero-order chi connectivity index (χ0) is 13.7. The highest BCUT2D eigenvalue weighted by atomic mass is 79.9. The fourth-order valence-corrected chi connectivity index (χ4v) is 2.66. The summed E-state index contributed by atoms with van der Waals surface area (Å²) in [5.41, 5.74) is 0. The lowest BCUT2D eigenvalue weighted by molar-refractivity contribution is 0.0192. The van der Waals surface area contributed by atoms with Crippen LogP contribution in [0.1, 0.15) is 12.8 Å². The van der Waals surface area contributed by atoms with Gasteiger partial charge in [0.15, 0.2) is 0 Å². The van der Waals surface area contributed by atoms with Gasteiger partial charge in [-0.1, -0.05) is 0 Å². The van der Waals surface area contributed by atoms with Gasteiger partial charge in [0.2, 0.25) is 0 Å². The Hall–Kier alpha value is -0.780. The topological polar surface area (TPSA) is 39.7 Å². The third-order valence-electron chi connectivity index (χ3n) is 3.19. The molecule has 1 aliphatic heterocycles. The van der Waals surface area contributed by atoms with Crippen LogP contribution < -0.4 is 14.8 Å². The van der Waals surface area contributed by atoms with Gasteiger partial charge in [-0.2, -0.15) is 0 Å². The van der Waals surface area contributed by atoms with E-state index in [1.165, 1.54) is 0 Å². The van der Waals surface area contributed by atoms with E-state index in [1.54, 1.807) is 7.11 Å². The smallest absolute Gasteiger partial charge is 0.133 e. The van der Waals surface area contributed by atoms with Crippen molar-refractivity contribution in [2.75, 3.05) is 27.3 Å². The van der Waals surface area contributed by atoms with Crippen LogP contribution in [0, 0.1) is 0 Å². The molecule has 1 fully saturated rings. The summed E-state index contributed by atoms with van der Waals surface area (Å²) in [6, 6.07) is 5.69. The van der Waals surface area contributed by atoms with Gasteiger partial charge in [-0.15, -0.1) is 0 Å². The molecule has 1 aromatic rings. The van der Waals surface area contributed by atoms with Gasteiger partial charge < -0.3 is 19.5 Å². The van der Waals surface area contributed by atoms with Crippen LogP contribution in [0.25, 0.3) is 0 Å². The number of hydrogen-bond donors (Lipinski definition) is 1. The SMILES string of the molecule is CNCC1CCC(COc2ccc(OC)cc2Br)O1. The first-order valence-electron chi connectivity index (χ1n) is 6.49. The fourth-order valence-electron chi connectivity index (χ4n) is 2.19. The Morgan fingerprint density at radius 3 is 2.84 bits per heavy atom. The quantitative estimate of drug-likeness (QED) is 0.870. The van der Waals surface area contributed by atoms with Gasteiger partial charge in [-0.05, 0) is 54.0 Å². The van der Waals surface area contributed by atoms with Crippen LogP contribution in [0.4, 0.5) is 0 Å². The van der Waals surface area contributed by atoms with Crippen molar-refractivity contribution >= 4 is 15.9 Å². The minimum atomic E-state index is 0.187. The molecule has 2 unspecified atom stereocenters. The van der Waals surface area contributed by atoms with E-state index in [0.29, 0.717) is 12.7 Å². The van der Waals surface area contributed by atoms with Crippen LogP contribution in [0.3, 0.4) is 0 Å². The molecule has 0 aliphatic carbocycles. The number of halogens is 1. The highest BCUT2D eigenvalue weighted by Crippen LogP contribution is 2.30. The summed E-state index contributed by atoms with van der Waals surface area (Å²) in [6.07, 6.45) is 2.66. The van der Waals surface area contributed by atoms with Crippen LogP contribution in [0.5, 0.6) is 11.5 Å². The molecule has 1 heterocycles. The van der Waals surface area contributed by atoms with E-state index >= 15 is 0 Å². The number of likely N-dealkylation sites (N-methyl/N-ethyl adjacent to an activating group) is 1. The molecule has 2 rings (SSSR count). The minimum Gasteiger partial charge on any atom is -0.497 e. The van der Waals surface area contributed by atoms with E-state index < -0.39 is 0 Å². The standard InChI is InChI=1S/C14H20BrNO3/c1-16-8-11-3-4-12(19-11)9-18-14-6-5-10(17-2)7-13(14)15/h5-7,11-12,16H,3-4,8-9H2,1-2H3. The minimum absolute atomic E-state index is 0.187. The highest BCUT2D eigenvalue weighted by molar-refractivity contribution is 9.10. The van der Waals surface area contributed by atoms with Crippen LogP contribution in [0.2, 0.25) is 0 Å². The lowest BCUT2D eigenvalue weighted by Crippen LogP contribution is -2.25. The van der Waals surface area contributed by atoms with E-state index in [4.69, 9.17) is 14.2 Å². The molecule has 1 aromatic carbocycles. The zero-order valence-corrected chi connectivity index (χ0v) is 12.9. The van der Waals surface area contributed by atoms with Crippen molar-refractivity contribution in [2.24, 2.45) is 0 Å². The lowest BCUT2D eigenvalue weighted by atomic mass is 10.2. The molecule has 0 bridgehead atoms. The highest BCUT2D eigenvalue weighted by Gasteiger charge is 2.25. The molecule has 0 aromatic heterocycles. The maximum absolute atomic E-state index is 5.88. The second-order valence-corrected chi connectivity index (χ2v) is 5.48. The van der Waals surface area contributed by atoms with Gasteiger partial charge in [0.25, 0.3) is 0 Å². The number of nitrogens with one attached hydrogen (secondary N) is 1. The lowest BCUT2D eigenvalue weighted by Gasteiger charge is -2.15. The molecule has 1 N–H and O–H groups in total. The van der Waals surface area contributed by atoms with Crippen molar-refractivity contribution < 1.29 is 14.2 Å². The van der Waals surface area contributed by atoms with E-state index in [9.17, 15) is 0 Å². The van der Waals surface area contributed by atoms with Gasteiger partial charge in [0, 0.05) is 6.54 Å². The number of methoxy groups -OCH3 is 1. The molecule has 0 saturated carbocycles. The molecule has 1 aliphatic rings. The Bertz CT molecular complexity index is 414. The number of rotatable bonds is 6. The van der Waals surface area contributed by atoms with Crippen LogP contribution in [0.15, 0.2) is 22.7 Å². The summed E-state index contributed by atoms with van der Waals surface area (Å²) in [5, 5.41) is 3.14. The van der Waals surface area contributed by atoms with Gasteiger partial charge in [0.05, 0.1) is 23.8 Å². The van der Waals surface area contributed by atoms with Gasteiger partial charge in [-0.25, -0.2) is 0 Å². The summed E-state index contributed by atoms with van der Waals surface area (Å²) >= 11 is 3.48. The first-order chi connectivity index (χ1) is 9.22. The van der Waals surface area contributed by atoms with Crippen LogP contribution >= 0.6 is 15.9 Å². The molecular formula is C14H20BrNO3. The molecule has 5 heteroatoms. The normalized spacial score (nSPS) is 22.5. The van der Waals surface area contributed by atoms with Crippen molar-refractivity contribution in [3.63, 3.8) is 0 Å². The summed E-state index contributed by atoms with van der Waals surface area (Å²) < 4.78 is 17.7. The Kier molecular flexibility index (Phi) is 5.48. The van der Waals surface area contributed by atoms with Crippen LogP contribution in [-0.4, -0.2) is 39.5 Å². The molecule has 0 spiro atoms. The summed E-state index contributed by atoms with van der Waals surface area (Å²) in [5.74, 6) is 1.63. The predicted molar refractivity (Wildman–Crippen MR) is 78.0 cm³/mol. The number of ether oxygens (including phenoxy) is 3. The fraction of sp³-hybridized carbons (Fsp3) is 0.571. The number of hydrogen-bond acceptors (Lipinski definition) is 4. The first-order valence-corrected chi connectivity index (χ1v) is 7.28. The van der Waals surface area contributed by atoms with E-state index in [2.05, 4.69) is 21.2 Å². The monoisotopic (exact) mass is 329 g/mol. The molecule has 1 saturated heterocycles. The van der Waals surface area contributed by atoms with Crippen molar-refractivity contribution in [2.45, 2.75) is 25.0 Å². The van der Waals surface area contributed by atoms with Crippen molar-refractivity contribution in [1.82, 2.24) is 5.32 Å². The Morgan fingerprint density at radius 2 is 2.16 bits per heavy atom. The number of benzene rings is 1. The largest absolute Gasteiger partial charge is 0.497 e. The summed E-state index contributed by atoms with van der Waals surface area (Å²) in [4.78, 5) is 0. The molecule has 2 atom stereocenters. The molecule has 4 nitrogen and oxygen atoms in total. The average Bonchev–Trinajstić information content (AvgIpc) is 2.85. The third-order valence-corrected chi connectivity index (χ3v) is 3.81. The van der Waals surface area contributed by atoms with Gasteiger partial charge >= 0.3 is 0 Å². The Labute approximate surface area is 122 Å². The van der Waals surface area contributed by atoms with Crippen molar-refractivity contribution in [3.05, 3.63) is 22.7 Å². The average molecular weight is 330 g/mol. The van der Waals surface area contributed by atoms with Crippen LogP contribution in [-0.2, 0) is 4.74 Å². The molecule has 106 valence electrons. The third kappa shape index (κ3) is 4.09. The molecule has 19 heavy (non-hydrogen) atoms. The first kappa shape index (κ1) is 14.6. The zero-order valence-electron chi connectivity index (χ0n) is 11.3. The molecule has 0 amide bonds. The Balaban J connectivity index is 1.83. The Morgan fingerprint density at radius 1 is 1.37 bits per heavy atom. The summed E-state index contributed by atoms with van der Waals surface area (Å²) in [6.45, 7) is 1.49. The van der Waals surface area contributed by atoms with E-state index in [0.717, 1.165) is 35.4 Å². The second kappa shape index (κ2) is 7.12. The molecule has 0 radical (unpaired) electrons. The van der Waals surface area contributed by atoms with E-state index in [1.807, 2.05) is 25.2 Å². The summed E-state index contributed by atoms with van der Waals surface area (Å²) in [7, 11) is 3.60. The van der Waals surface area contributed by atoms with Gasteiger partial charge in [0.1, 0.15) is 18.1 Å². The van der Waals surface area contributed by atoms with Crippen molar-refractivity contribution in [3.8, 4) is 11.5 Å². The van der Waals surface area contributed by atoms with Crippen molar-refractivity contribution in [1.29, 1.82) is 0 Å². The van der Waals surface area contributed by atoms with E-state index in [-0.39, 0.29) is 6.10 Å². The second-order valence-electron chi connectivity index (χ2n) is 4.62. The van der Waals surface area contributed by atoms with Gasteiger partial charge in [-0.3, -0.25) is 0 Å².